The quantitative estimate of drug-likeness (QED) is 0.829. The van der Waals surface area contributed by atoms with Crippen LogP contribution < -0.4 is 5.73 Å². The molecule has 4 heteroatoms. The molecule has 2 fully saturated rings. The molecule has 0 bridgehead atoms. The van der Waals surface area contributed by atoms with Crippen LogP contribution in [-0.2, 0) is 9.47 Å². The lowest BCUT2D eigenvalue weighted by Crippen LogP contribution is -2.34. The summed E-state index contributed by atoms with van der Waals surface area (Å²) in [6.07, 6.45) is 7.76. The van der Waals surface area contributed by atoms with Crippen molar-refractivity contribution in [1.29, 1.82) is 0 Å². The third kappa shape index (κ3) is 1.99. The van der Waals surface area contributed by atoms with E-state index >= 15 is 0 Å². The normalized spacial score (nSPS) is 23.6. The molecule has 2 aliphatic rings. The van der Waals surface area contributed by atoms with E-state index in [0.717, 1.165) is 44.6 Å². The van der Waals surface area contributed by atoms with E-state index < -0.39 is 0 Å². The van der Waals surface area contributed by atoms with Crippen LogP contribution in [0.25, 0.3) is 0 Å². The molecule has 1 aliphatic heterocycles. The van der Waals surface area contributed by atoms with E-state index in [4.69, 9.17) is 15.2 Å². The van der Waals surface area contributed by atoms with Gasteiger partial charge in [0, 0.05) is 19.0 Å². The van der Waals surface area contributed by atoms with Crippen molar-refractivity contribution < 1.29 is 9.47 Å². The summed E-state index contributed by atoms with van der Waals surface area (Å²) >= 11 is 0. The van der Waals surface area contributed by atoms with E-state index in [9.17, 15) is 0 Å². The van der Waals surface area contributed by atoms with Gasteiger partial charge < -0.3 is 15.2 Å². The van der Waals surface area contributed by atoms with Crippen LogP contribution in [0.5, 0.6) is 0 Å². The predicted molar refractivity (Wildman–Crippen MR) is 69.2 cm³/mol. The number of aromatic nitrogens is 1. The summed E-state index contributed by atoms with van der Waals surface area (Å²) < 4.78 is 11.5. The minimum atomic E-state index is -0.286. The molecule has 2 heterocycles. The van der Waals surface area contributed by atoms with Gasteiger partial charge in [-0.05, 0) is 36.8 Å². The molecular weight excluding hydrogens is 228 g/mol. The number of hydrogen-bond donors (Lipinski definition) is 1. The van der Waals surface area contributed by atoms with Crippen molar-refractivity contribution in [2.24, 2.45) is 0 Å². The van der Waals surface area contributed by atoms with Crippen LogP contribution in [0.15, 0.2) is 12.4 Å². The predicted octanol–water partition coefficient (Wildman–Crippen LogP) is 2.37. The van der Waals surface area contributed by atoms with Crippen molar-refractivity contribution in [3.05, 3.63) is 23.5 Å². The monoisotopic (exact) mass is 248 g/mol. The van der Waals surface area contributed by atoms with Crippen LogP contribution in [-0.4, -0.2) is 24.0 Å². The molecule has 0 atom stereocenters. The van der Waals surface area contributed by atoms with Crippen molar-refractivity contribution in [2.75, 3.05) is 18.9 Å². The molecule has 1 spiro atoms. The second-order valence-electron chi connectivity index (χ2n) is 5.34. The van der Waals surface area contributed by atoms with Crippen molar-refractivity contribution in [3.8, 4) is 0 Å². The average Bonchev–Trinajstić information content (AvgIpc) is 2.80. The molecule has 0 aromatic carbocycles. The lowest BCUT2D eigenvalue weighted by atomic mass is 9.79. The molecule has 4 nitrogen and oxygen atoms in total. The van der Waals surface area contributed by atoms with Gasteiger partial charge >= 0.3 is 0 Å². The molecule has 1 saturated heterocycles. The molecule has 1 saturated carbocycles. The summed E-state index contributed by atoms with van der Waals surface area (Å²) in [5.74, 6) is 0.234. The highest BCUT2D eigenvalue weighted by Gasteiger charge is 2.41. The van der Waals surface area contributed by atoms with Crippen LogP contribution >= 0.6 is 0 Å². The highest BCUT2D eigenvalue weighted by Crippen LogP contribution is 2.44. The zero-order valence-electron chi connectivity index (χ0n) is 10.8. The first kappa shape index (κ1) is 11.9. The summed E-state index contributed by atoms with van der Waals surface area (Å²) in [7, 11) is 0. The zero-order valence-corrected chi connectivity index (χ0v) is 10.8. The average molecular weight is 248 g/mol. The van der Waals surface area contributed by atoms with Crippen LogP contribution in [0, 0.1) is 6.92 Å². The Morgan fingerprint density at radius 3 is 2.50 bits per heavy atom. The van der Waals surface area contributed by atoms with Crippen molar-refractivity contribution in [1.82, 2.24) is 4.98 Å². The molecule has 1 aromatic rings. The van der Waals surface area contributed by atoms with Gasteiger partial charge in [-0.25, -0.2) is 0 Å². The molecule has 0 amide bonds. The fourth-order valence-electron chi connectivity index (χ4n) is 3.29. The van der Waals surface area contributed by atoms with Crippen molar-refractivity contribution in [2.45, 2.75) is 44.3 Å². The molecule has 0 unspecified atom stereocenters. The van der Waals surface area contributed by atoms with Crippen molar-refractivity contribution in [3.63, 3.8) is 0 Å². The third-order valence-corrected chi connectivity index (χ3v) is 4.19. The van der Waals surface area contributed by atoms with Gasteiger partial charge in [-0.2, -0.15) is 0 Å². The Labute approximate surface area is 107 Å². The third-order valence-electron chi connectivity index (χ3n) is 4.19. The summed E-state index contributed by atoms with van der Waals surface area (Å²) in [5.41, 5.74) is 9.37. The SMILES string of the molecule is Cc1cncc(N)c1C1CCC2(CC1)OCCO2. The van der Waals surface area contributed by atoms with Crippen molar-refractivity contribution >= 4 is 5.69 Å². The first-order valence-corrected chi connectivity index (χ1v) is 6.68. The van der Waals surface area contributed by atoms with Gasteiger partial charge in [-0.3, -0.25) is 4.98 Å². The molecule has 1 aliphatic carbocycles. The van der Waals surface area contributed by atoms with Gasteiger partial charge in [-0.1, -0.05) is 0 Å². The number of pyridine rings is 1. The molecule has 98 valence electrons. The highest BCUT2D eigenvalue weighted by molar-refractivity contribution is 5.50. The Morgan fingerprint density at radius 2 is 1.89 bits per heavy atom. The largest absolute Gasteiger partial charge is 0.397 e. The summed E-state index contributed by atoms with van der Waals surface area (Å²) in [6, 6.07) is 0. The maximum absolute atomic E-state index is 6.07. The summed E-state index contributed by atoms with van der Waals surface area (Å²) in [4.78, 5) is 4.14. The Hall–Kier alpha value is -1.13. The number of ether oxygens (including phenoxy) is 2. The summed E-state index contributed by atoms with van der Waals surface area (Å²) in [5, 5.41) is 0. The maximum Gasteiger partial charge on any atom is 0.168 e. The highest BCUT2D eigenvalue weighted by atomic mass is 16.7. The second kappa shape index (κ2) is 4.52. The topological polar surface area (TPSA) is 57.4 Å². The number of nitrogens with zero attached hydrogens (tertiary/aromatic N) is 1. The number of rotatable bonds is 1. The van der Waals surface area contributed by atoms with Gasteiger partial charge in [0.15, 0.2) is 5.79 Å². The van der Waals surface area contributed by atoms with Gasteiger partial charge in [0.25, 0.3) is 0 Å². The molecule has 1 aromatic heterocycles. The van der Waals surface area contributed by atoms with E-state index in [1.165, 1.54) is 11.1 Å². The number of anilines is 1. The summed E-state index contributed by atoms with van der Waals surface area (Å²) in [6.45, 7) is 3.56. The van der Waals surface area contributed by atoms with Gasteiger partial charge in [0.05, 0.1) is 25.1 Å². The first-order valence-electron chi connectivity index (χ1n) is 6.68. The zero-order chi connectivity index (χ0) is 12.6. The Bertz CT molecular complexity index is 411. The maximum atomic E-state index is 6.07. The number of nitrogen functional groups attached to an aromatic ring is 1. The van der Waals surface area contributed by atoms with E-state index in [1.807, 2.05) is 6.20 Å². The number of nitrogens with two attached hydrogens (primary N) is 1. The molecule has 3 rings (SSSR count). The molecular formula is C14H20N2O2. The standard InChI is InChI=1S/C14H20N2O2/c1-10-8-16-9-12(15)13(10)11-2-4-14(5-3-11)17-6-7-18-14/h8-9,11H,2-7,15H2,1H3. The van der Waals surface area contributed by atoms with Gasteiger partial charge in [-0.15, -0.1) is 0 Å². The fraction of sp³-hybridized carbons (Fsp3) is 0.643. The second-order valence-corrected chi connectivity index (χ2v) is 5.34. The van der Waals surface area contributed by atoms with E-state index in [2.05, 4.69) is 11.9 Å². The Kier molecular flexibility index (Phi) is 2.99. The lowest BCUT2D eigenvalue weighted by Gasteiger charge is -2.36. The fourth-order valence-corrected chi connectivity index (χ4v) is 3.29. The van der Waals surface area contributed by atoms with Gasteiger partial charge in [0.2, 0.25) is 0 Å². The molecule has 0 radical (unpaired) electrons. The number of aryl methyl sites for hydroxylation is 1. The Morgan fingerprint density at radius 1 is 1.22 bits per heavy atom. The van der Waals surface area contributed by atoms with E-state index in [-0.39, 0.29) is 5.79 Å². The number of hydrogen-bond acceptors (Lipinski definition) is 4. The van der Waals surface area contributed by atoms with Crippen LogP contribution in [0.1, 0.15) is 42.7 Å². The molecule has 18 heavy (non-hydrogen) atoms. The van der Waals surface area contributed by atoms with E-state index in [1.54, 1.807) is 6.20 Å². The van der Waals surface area contributed by atoms with Crippen LogP contribution in [0.2, 0.25) is 0 Å². The first-order chi connectivity index (χ1) is 8.70. The lowest BCUT2D eigenvalue weighted by molar-refractivity contribution is -0.178. The molecule has 2 N–H and O–H groups in total. The smallest absolute Gasteiger partial charge is 0.168 e. The van der Waals surface area contributed by atoms with Gasteiger partial charge in [0.1, 0.15) is 0 Å². The van der Waals surface area contributed by atoms with E-state index in [0.29, 0.717) is 5.92 Å². The van der Waals surface area contributed by atoms with Crippen LogP contribution in [0.4, 0.5) is 5.69 Å². The minimum Gasteiger partial charge on any atom is -0.397 e. The van der Waals surface area contributed by atoms with Crippen LogP contribution in [0.3, 0.4) is 0 Å². The Balaban J connectivity index is 1.76. The minimum absolute atomic E-state index is 0.286.